The van der Waals surface area contributed by atoms with Crippen molar-refractivity contribution in [1.29, 1.82) is 0 Å². The number of aryl methyl sites for hydroxylation is 1. The lowest BCUT2D eigenvalue weighted by molar-refractivity contribution is 0.0590. The van der Waals surface area contributed by atoms with Crippen molar-refractivity contribution in [2.24, 2.45) is 7.05 Å². The summed E-state index contributed by atoms with van der Waals surface area (Å²) in [6.45, 7) is 1.40. The maximum absolute atomic E-state index is 12.9. The molecule has 140 valence electrons. The molecule has 1 aliphatic rings. The van der Waals surface area contributed by atoms with Crippen molar-refractivity contribution in [1.82, 2.24) is 9.47 Å². The highest BCUT2D eigenvalue weighted by atomic mass is 16.5. The summed E-state index contributed by atoms with van der Waals surface area (Å²) in [4.78, 5) is 14.8. The third-order valence-electron chi connectivity index (χ3n) is 5.23. The van der Waals surface area contributed by atoms with Crippen molar-refractivity contribution >= 4 is 16.8 Å². The molecule has 2 aromatic carbocycles. The van der Waals surface area contributed by atoms with Gasteiger partial charge < -0.3 is 18.9 Å². The number of rotatable bonds is 4. The number of hydrogen-bond acceptors (Lipinski definition) is 3. The molecule has 0 N–H and O–H groups in total. The summed E-state index contributed by atoms with van der Waals surface area (Å²) < 4.78 is 13.5. The molecule has 1 amide bonds. The Balaban J connectivity index is 1.40. The largest absolute Gasteiger partial charge is 0.493 e. The Kier molecular flexibility index (Phi) is 4.75. The summed E-state index contributed by atoms with van der Waals surface area (Å²) >= 11 is 0. The lowest BCUT2D eigenvalue weighted by Crippen LogP contribution is -2.41. The Morgan fingerprint density at radius 2 is 1.78 bits per heavy atom. The predicted molar refractivity (Wildman–Crippen MR) is 105 cm³/mol. The van der Waals surface area contributed by atoms with E-state index in [-0.39, 0.29) is 12.0 Å². The Labute approximate surface area is 159 Å². The number of para-hydroxylation sites is 2. The molecule has 0 radical (unpaired) electrons. The molecule has 3 aromatic rings. The van der Waals surface area contributed by atoms with Crippen LogP contribution in [0.4, 0.5) is 0 Å². The van der Waals surface area contributed by atoms with Crippen molar-refractivity contribution < 1.29 is 14.3 Å². The molecule has 0 spiro atoms. The average Bonchev–Trinajstić information content (AvgIpc) is 3.09. The zero-order chi connectivity index (χ0) is 18.8. The number of piperidine rings is 1. The van der Waals surface area contributed by atoms with E-state index in [1.165, 1.54) is 0 Å². The number of likely N-dealkylation sites (tertiary alicyclic amines) is 1. The average molecular weight is 364 g/mol. The number of methoxy groups -OCH3 is 1. The molecular weight excluding hydrogens is 340 g/mol. The second kappa shape index (κ2) is 7.35. The van der Waals surface area contributed by atoms with Crippen molar-refractivity contribution in [2.45, 2.75) is 18.9 Å². The molecule has 4 rings (SSSR count). The number of fused-ring (bicyclic) bond motifs is 1. The highest BCUT2D eigenvalue weighted by molar-refractivity contribution is 5.98. The molecule has 2 heterocycles. The highest BCUT2D eigenvalue weighted by Gasteiger charge is 2.25. The Hall–Kier alpha value is -2.95. The van der Waals surface area contributed by atoms with E-state index in [0.717, 1.165) is 40.8 Å². The van der Waals surface area contributed by atoms with Gasteiger partial charge in [-0.3, -0.25) is 4.79 Å². The van der Waals surface area contributed by atoms with Gasteiger partial charge in [0.2, 0.25) is 0 Å². The fraction of sp³-hybridized carbons (Fsp3) is 0.318. The summed E-state index contributed by atoms with van der Waals surface area (Å²) in [5.74, 6) is 1.60. The van der Waals surface area contributed by atoms with E-state index in [4.69, 9.17) is 9.47 Å². The van der Waals surface area contributed by atoms with Crippen molar-refractivity contribution in [2.75, 3.05) is 20.2 Å². The molecule has 1 saturated heterocycles. The summed E-state index contributed by atoms with van der Waals surface area (Å²) in [5, 5.41) is 1.15. The smallest absolute Gasteiger partial charge is 0.253 e. The van der Waals surface area contributed by atoms with Crippen molar-refractivity contribution in [3.05, 3.63) is 60.3 Å². The van der Waals surface area contributed by atoms with E-state index in [1.807, 2.05) is 65.2 Å². The molecule has 1 aromatic heterocycles. The second-order valence-electron chi connectivity index (χ2n) is 6.96. The zero-order valence-corrected chi connectivity index (χ0v) is 15.7. The highest BCUT2D eigenvalue weighted by Crippen LogP contribution is 2.29. The topological polar surface area (TPSA) is 43.7 Å². The van der Waals surface area contributed by atoms with Crippen LogP contribution in [0.15, 0.2) is 54.7 Å². The monoisotopic (exact) mass is 364 g/mol. The van der Waals surface area contributed by atoms with Crippen LogP contribution in [-0.2, 0) is 7.05 Å². The lowest BCUT2D eigenvalue weighted by Gasteiger charge is -2.32. The number of carbonyl (C=O) groups is 1. The van der Waals surface area contributed by atoms with Crippen LogP contribution in [0, 0.1) is 0 Å². The molecule has 27 heavy (non-hydrogen) atoms. The minimum absolute atomic E-state index is 0.0915. The van der Waals surface area contributed by atoms with Crippen LogP contribution in [-0.4, -0.2) is 41.7 Å². The summed E-state index contributed by atoms with van der Waals surface area (Å²) in [7, 11) is 3.64. The van der Waals surface area contributed by atoms with Gasteiger partial charge in [-0.2, -0.15) is 0 Å². The van der Waals surface area contributed by atoms with Gasteiger partial charge >= 0.3 is 0 Å². The number of amides is 1. The molecule has 5 nitrogen and oxygen atoms in total. The van der Waals surface area contributed by atoms with Gasteiger partial charge in [0, 0.05) is 50.3 Å². The van der Waals surface area contributed by atoms with Crippen LogP contribution in [0.2, 0.25) is 0 Å². The normalized spacial score (nSPS) is 15.1. The lowest BCUT2D eigenvalue weighted by atomic mass is 10.1. The Morgan fingerprint density at radius 1 is 1.04 bits per heavy atom. The molecule has 0 atom stereocenters. The molecule has 1 aliphatic heterocycles. The fourth-order valence-corrected chi connectivity index (χ4v) is 3.65. The van der Waals surface area contributed by atoms with Crippen LogP contribution in [0.5, 0.6) is 11.5 Å². The molecule has 0 bridgehead atoms. The molecule has 5 heteroatoms. The van der Waals surface area contributed by atoms with Gasteiger partial charge in [-0.05, 0) is 35.7 Å². The fourth-order valence-electron chi connectivity index (χ4n) is 3.65. The molecule has 0 aliphatic carbocycles. The van der Waals surface area contributed by atoms with Crippen LogP contribution in [0.1, 0.15) is 23.2 Å². The second-order valence-corrected chi connectivity index (χ2v) is 6.96. The maximum atomic E-state index is 12.9. The van der Waals surface area contributed by atoms with E-state index < -0.39 is 0 Å². The van der Waals surface area contributed by atoms with Gasteiger partial charge in [0.15, 0.2) is 11.5 Å². The number of nitrogens with zero attached hydrogens (tertiary/aromatic N) is 2. The van der Waals surface area contributed by atoms with Crippen LogP contribution in [0.25, 0.3) is 10.9 Å². The number of ether oxygens (including phenoxy) is 2. The van der Waals surface area contributed by atoms with Gasteiger partial charge in [0.05, 0.1) is 7.11 Å². The third kappa shape index (κ3) is 3.50. The van der Waals surface area contributed by atoms with E-state index in [2.05, 4.69) is 6.07 Å². The first-order valence-corrected chi connectivity index (χ1v) is 9.30. The quantitative estimate of drug-likeness (QED) is 0.706. The van der Waals surface area contributed by atoms with Crippen LogP contribution >= 0.6 is 0 Å². The Morgan fingerprint density at radius 3 is 2.52 bits per heavy atom. The number of hydrogen-bond donors (Lipinski definition) is 0. The number of benzene rings is 2. The molecule has 0 saturated carbocycles. The van der Waals surface area contributed by atoms with E-state index in [0.29, 0.717) is 13.1 Å². The first-order chi connectivity index (χ1) is 13.2. The van der Waals surface area contributed by atoms with Crippen molar-refractivity contribution in [3.8, 4) is 11.5 Å². The minimum atomic E-state index is 0.0915. The van der Waals surface area contributed by atoms with Gasteiger partial charge in [-0.1, -0.05) is 18.2 Å². The summed E-state index contributed by atoms with van der Waals surface area (Å²) in [5.41, 5.74) is 1.82. The van der Waals surface area contributed by atoms with Gasteiger partial charge in [-0.15, -0.1) is 0 Å². The first-order valence-electron chi connectivity index (χ1n) is 9.30. The standard InChI is InChI=1S/C22H24N2O3/c1-23-12-9-16-7-8-17(15-19(16)23)22(25)24-13-10-18(11-14-24)27-21-6-4-3-5-20(21)26-2/h3-9,12,15,18H,10-11,13-14H2,1-2H3. The van der Waals surface area contributed by atoms with E-state index >= 15 is 0 Å². The number of carbonyl (C=O) groups excluding carboxylic acids is 1. The Bertz CT molecular complexity index is 955. The molecule has 0 unspecified atom stereocenters. The summed E-state index contributed by atoms with van der Waals surface area (Å²) in [6, 6.07) is 15.7. The van der Waals surface area contributed by atoms with Crippen LogP contribution < -0.4 is 9.47 Å². The minimum Gasteiger partial charge on any atom is -0.493 e. The van der Waals surface area contributed by atoms with Gasteiger partial charge in [0.1, 0.15) is 6.10 Å². The van der Waals surface area contributed by atoms with E-state index in [9.17, 15) is 4.79 Å². The molecule has 1 fully saturated rings. The molecular formula is C22H24N2O3. The number of aromatic nitrogens is 1. The van der Waals surface area contributed by atoms with Crippen molar-refractivity contribution in [3.63, 3.8) is 0 Å². The zero-order valence-electron chi connectivity index (χ0n) is 15.7. The summed E-state index contributed by atoms with van der Waals surface area (Å²) in [6.07, 6.45) is 3.74. The van der Waals surface area contributed by atoms with Gasteiger partial charge in [0.25, 0.3) is 5.91 Å². The van der Waals surface area contributed by atoms with Crippen LogP contribution in [0.3, 0.4) is 0 Å². The third-order valence-corrected chi connectivity index (χ3v) is 5.23. The van der Waals surface area contributed by atoms with Gasteiger partial charge in [-0.25, -0.2) is 0 Å². The maximum Gasteiger partial charge on any atom is 0.253 e. The SMILES string of the molecule is COc1ccccc1OC1CCN(C(=O)c2ccc3ccn(C)c3c2)CC1. The first kappa shape index (κ1) is 17.5. The predicted octanol–water partition coefficient (Wildman–Crippen LogP) is 3.87. The van der Waals surface area contributed by atoms with E-state index in [1.54, 1.807) is 7.11 Å².